The number of anilines is 1. The summed E-state index contributed by atoms with van der Waals surface area (Å²) < 4.78 is 35.5. The zero-order valence-corrected chi connectivity index (χ0v) is 14.9. The van der Waals surface area contributed by atoms with E-state index < -0.39 is 9.84 Å². The molecule has 1 aromatic carbocycles. The lowest BCUT2D eigenvalue weighted by molar-refractivity contribution is -0.134. The van der Waals surface area contributed by atoms with Crippen molar-refractivity contribution in [1.29, 1.82) is 0 Å². The fraction of sp³-hybridized carbons (Fsp3) is 0.467. The van der Waals surface area contributed by atoms with Gasteiger partial charge in [-0.15, -0.1) is 0 Å². The Morgan fingerprint density at radius 2 is 2.00 bits per heavy atom. The van der Waals surface area contributed by atoms with Crippen LogP contribution in [0.1, 0.15) is 6.42 Å². The molecule has 1 N–H and O–H groups in total. The second-order valence-corrected chi connectivity index (χ2v) is 8.16. The maximum absolute atomic E-state index is 12.6. The van der Waals surface area contributed by atoms with E-state index in [0.717, 1.165) is 0 Å². The number of ether oxygens (including phenoxy) is 2. The second-order valence-electron chi connectivity index (χ2n) is 5.68. The number of hydrogen-bond acceptors (Lipinski definition) is 6. The van der Waals surface area contributed by atoms with Gasteiger partial charge >= 0.3 is 0 Å². The van der Waals surface area contributed by atoms with E-state index in [0.29, 0.717) is 32.0 Å². The molecule has 2 amide bonds. The quantitative estimate of drug-likeness (QED) is 0.814. The first-order chi connectivity index (χ1) is 11.9. The minimum Gasteiger partial charge on any atom is -0.482 e. The number of amides is 2. The predicted octanol–water partition coefficient (Wildman–Crippen LogP) is 0.693. The molecule has 0 radical (unpaired) electrons. The number of nitrogens with one attached hydrogen (secondary N) is 1. The van der Waals surface area contributed by atoms with Crippen molar-refractivity contribution in [2.24, 2.45) is 0 Å². The molecule has 0 spiro atoms. The van der Waals surface area contributed by atoms with Crippen LogP contribution < -0.4 is 10.1 Å². The van der Waals surface area contributed by atoms with Crippen molar-refractivity contribution in [3.05, 3.63) is 17.2 Å². The molecular weight excluding hydrogens is 372 g/mol. The van der Waals surface area contributed by atoms with Crippen molar-refractivity contribution in [1.82, 2.24) is 4.90 Å². The Hall–Kier alpha value is -1.84. The molecule has 3 rings (SSSR count). The number of nitrogens with zero attached hydrogens (tertiary/aromatic N) is 1. The fourth-order valence-electron chi connectivity index (χ4n) is 2.62. The van der Waals surface area contributed by atoms with Crippen LogP contribution in [0.3, 0.4) is 0 Å². The summed E-state index contributed by atoms with van der Waals surface area (Å²) in [6.07, 6.45) is -0.132. The molecule has 136 valence electrons. The van der Waals surface area contributed by atoms with Gasteiger partial charge in [0.25, 0.3) is 5.91 Å². The number of fused-ring (bicyclic) bond motifs is 1. The molecule has 0 unspecified atom stereocenters. The standard InChI is InChI=1S/C15H17ClN2O6S/c16-10-7-11-12(24-9-14(19)17-11)8-13(10)25(21,22)6-1-15(20)18-2-4-23-5-3-18/h7-8H,1-6,9H2,(H,17,19). The van der Waals surface area contributed by atoms with Gasteiger partial charge < -0.3 is 19.7 Å². The van der Waals surface area contributed by atoms with E-state index in [9.17, 15) is 18.0 Å². The summed E-state index contributed by atoms with van der Waals surface area (Å²) in [7, 11) is -3.78. The molecule has 1 saturated heterocycles. The first kappa shape index (κ1) is 18.0. The second kappa shape index (κ2) is 7.19. The molecule has 0 aliphatic carbocycles. The summed E-state index contributed by atoms with van der Waals surface area (Å²) in [5.74, 6) is -0.685. The average Bonchev–Trinajstić information content (AvgIpc) is 2.59. The monoisotopic (exact) mass is 388 g/mol. The Morgan fingerprint density at radius 3 is 2.72 bits per heavy atom. The van der Waals surface area contributed by atoms with Crippen LogP contribution in [0.2, 0.25) is 5.02 Å². The molecule has 0 saturated carbocycles. The van der Waals surface area contributed by atoms with E-state index in [-0.39, 0.29) is 46.3 Å². The van der Waals surface area contributed by atoms with Crippen molar-refractivity contribution in [3.8, 4) is 5.75 Å². The molecule has 2 heterocycles. The van der Waals surface area contributed by atoms with E-state index >= 15 is 0 Å². The van der Waals surface area contributed by atoms with Crippen LogP contribution in [-0.2, 0) is 24.2 Å². The minimum absolute atomic E-state index is 0.0247. The molecule has 2 aliphatic heterocycles. The normalized spacial score (nSPS) is 17.5. The number of morpholine rings is 1. The van der Waals surface area contributed by atoms with E-state index in [4.69, 9.17) is 21.1 Å². The molecule has 2 aliphatic rings. The average molecular weight is 389 g/mol. The third-order valence-corrected chi connectivity index (χ3v) is 6.12. The molecule has 8 nitrogen and oxygen atoms in total. The Kier molecular flexibility index (Phi) is 5.16. The first-order valence-electron chi connectivity index (χ1n) is 7.71. The Labute approximate surface area is 149 Å². The van der Waals surface area contributed by atoms with Crippen molar-refractivity contribution in [2.45, 2.75) is 11.3 Å². The van der Waals surface area contributed by atoms with Gasteiger partial charge in [-0.2, -0.15) is 0 Å². The maximum Gasteiger partial charge on any atom is 0.262 e. The van der Waals surface area contributed by atoms with Gasteiger partial charge in [0.05, 0.1) is 34.6 Å². The Morgan fingerprint density at radius 1 is 1.28 bits per heavy atom. The van der Waals surface area contributed by atoms with E-state index in [1.807, 2.05) is 0 Å². The number of benzene rings is 1. The molecular formula is C15H17ClN2O6S. The first-order valence-corrected chi connectivity index (χ1v) is 9.74. The summed E-state index contributed by atoms with van der Waals surface area (Å²) in [4.78, 5) is 24.9. The van der Waals surface area contributed by atoms with Gasteiger partial charge in [-0.3, -0.25) is 9.59 Å². The highest BCUT2D eigenvalue weighted by atomic mass is 35.5. The number of halogens is 1. The molecule has 10 heteroatoms. The van der Waals surface area contributed by atoms with Crippen molar-refractivity contribution >= 4 is 38.9 Å². The van der Waals surface area contributed by atoms with Gasteiger partial charge in [0.2, 0.25) is 5.91 Å². The van der Waals surface area contributed by atoms with Crippen molar-refractivity contribution in [3.63, 3.8) is 0 Å². The third-order valence-electron chi connectivity index (χ3n) is 3.95. The van der Waals surface area contributed by atoms with Gasteiger partial charge in [-0.25, -0.2) is 8.42 Å². The van der Waals surface area contributed by atoms with Gasteiger partial charge in [0, 0.05) is 25.6 Å². The molecule has 0 atom stereocenters. The largest absolute Gasteiger partial charge is 0.482 e. The van der Waals surface area contributed by atoms with Crippen LogP contribution in [0.15, 0.2) is 17.0 Å². The van der Waals surface area contributed by atoms with Gasteiger partial charge in [-0.1, -0.05) is 11.6 Å². The van der Waals surface area contributed by atoms with Gasteiger partial charge in [0.15, 0.2) is 16.4 Å². The molecule has 0 aromatic heterocycles. The van der Waals surface area contributed by atoms with Crippen LogP contribution in [0.4, 0.5) is 5.69 Å². The van der Waals surface area contributed by atoms with Crippen LogP contribution in [0.25, 0.3) is 0 Å². The topological polar surface area (TPSA) is 102 Å². The smallest absolute Gasteiger partial charge is 0.262 e. The fourth-order valence-corrected chi connectivity index (χ4v) is 4.44. The van der Waals surface area contributed by atoms with E-state index in [1.165, 1.54) is 12.1 Å². The lowest BCUT2D eigenvalue weighted by Crippen LogP contribution is -2.41. The highest BCUT2D eigenvalue weighted by Gasteiger charge is 2.26. The highest BCUT2D eigenvalue weighted by molar-refractivity contribution is 7.91. The number of carbonyl (C=O) groups excluding carboxylic acids is 2. The van der Waals surface area contributed by atoms with Crippen molar-refractivity contribution < 1.29 is 27.5 Å². The Balaban J connectivity index is 1.73. The van der Waals surface area contributed by atoms with Crippen molar-refractivity contribution in [2.75, 3.05) is 44.0 Å². The lowest BCUT2D eigenvalue weighted by Gasteiger charge is -2.26. The summed E-state index contributed by atoms with van der Waals surface area (Å²) in [5, 5.41) is 2.53. The molecule has 25 heavy (non-hydrogen) atoms. The summed E-state index contributed by atoms with van der Waals surface area (Å²) in [6.45, 7) is 1.65. The van der Waals surface area contributed by atoms with Gasteiger partial charge in [0.1, 0.15) is 5.75 Å². The third kappa shape index (κ3) is 4.05. The number of sulfone groups is 1. The Bertz CT molecular complexity index is 804. The van der Waals surface area contributed by atoms with Crippen LogP contribution in [0.5, 0.6) is 5.75 Å². The SMILES string of the molecule is O=C1COc2cc(S(=O)(=O)CCC(=O)N3CCOCC3)c(Cl)cc2N1. The summed E-state index contributed by atoms with van der Waals surface area (Å²) in [5.41, 5.74) is 0.324. The minimum atomic E-state index is -3.78. The number of rotatable bonds is 4. The van der Waals surface area contributed by atoms with Crippen LogP contribution in [0, 0.1) is 0 Å². The van der Waals surface area contributed by atoms with Crippen LogP contribution in [-0.4, -0.2) is 63.8 Å². The lowest BCUT2D eigenvalue weighted by atomic mass is 10.2. The van der Waals surface area contributed by atoms with Gasteiger partial charge in [-0.05, 0) is 6.07 Å². The molecule has 1 aromatic rings. The number of carbonyl (C=O) groups is 2. The zero-order valence-electron chi connectivity index (χ0n) is 13.3. The molecule has 0 bridgehead atoms. The van der Waals surface area contributed by atoms with Crippen LogP contribution >= 0.6 is 11.6 Å². The summed E-state index contributed by atoms with van der Waals surface area (Å²) >= 11 is 6.06. The number of hydrogen-bond donors (Lipinski definition) is 1. The maximum atomic E-state index is 12.6. The zero-order chi connectivity index (χ0) is 18.0. The summed E-state index contributed by atoms with van der Waals surface area (Å²) in [6, 6.07) is 2.62. The molecule has 1 fully saturated rings. The predicted molar refractivity (Wildman–Crippen MR) is 89.6 cm³/mol. The van der Waals surface area contributed by atoms with E-state index in [1.54, 1.807) is 4.90 Å². The highest BCUT2D eigenvalue weighted by Crippen LogP contribution is 2.36. The van der Waals surface area contributed by atoms with E-state index in [2.05, 4.69) is 5.32 Å².